The van der Waals surface area contributed by atoms with E-state index in [0.717, 1.165) is 30.3 Å². The smallest absolute Gasteiger partial charge is 0.239 e. The third-order valence-corrected chi connectivity index (χ3v) is 7.07. The molecule has 0 spiro atoms. The van der Waals surface area contributed by atoms with E-state index in [-0.39, 0.29) is 29.8 Å². The minimum atomic E-state index is -0.835. The van der Waals surface area contributed by atoms with E-state index < -0.39 is 17.7 Å². The SMILES string of the molecule is CC1(C)CC(=O)C2=C(C1)Nc1ccccc1N(CC(=O)NCC1CCCO1)C2c1cc(F)cc(F)c1. The van der Waals surface area contributed by atoms with Gasteiger partial charge in [-0.15, -0.1) is 0 Å². The van der Waals surface area contributed by atoms with E-state index in [1.54, 1.807) is 4.90 Å². The molecule has 1 aliphatic carbocycles. The second kappa shape index (κ2) is 9.65. The van der Waals surface area contributed by atoms with Crippen LogP contribution in [-0.2, 0) is 14.3 Å². The van der Waals surface area contributed by atoms with E-state index in [9.17, 15) is 18.4 Å². The molecule has 3 aliphatic rings. The maximum Gasteiger partial charge on any atom is 0.239 e. The zero-order valence-corrected chi connectivity index (χ0v) is 20.6. The predicted octanol–water partition coefficient (Wildman–Crippen LogP) is 4.88. The summed E-state index contributed by atoms with van der Waals surface area (Å²) in [5, 5.41) is 6.37. The number of Topliss-reactive ketones (excluding diaryl/α,β-unsaturated/α-hetero) is 1. The molecule has 2 aromatic rings. The van der Waals surface area contributed by atoms with E-state index in [1.807, 2.05) is 38.1 Å². The Kier molecular flexibility index (Phi) is 6.55. The molecule has 1 amide bonds. The van der Waals surface area contributed by atoms with Crippen molar-refractivity contribution in [3.63, 3.8) is 0 Å². The molecule has 2 aliphatic heterocycles. The fourth-order valence-electron chi connectivity index (χ4n) is 5.55. The monoisotopic (exact) mass is 495 g/mol. The highest BCUT2D eigenvalue weighted by atomic mass is 19.1. The quantitative estimate of drug-likeness (QED) is 0.619. The highest BCUT2D eigenvalue weighted by molar-refractivity contribution is 6.01. The van der Waals surface area contributed by atoms with Gasteiger partial charge in [0.05, 0.1) is 30.1 Å². The molecule has 8 heteroatoms. The molecule has 0 aromatic heterocycles. The molecule has 0 saturated carbocycles. The molecule has 2 aromatic carbocycles. The lowest BCUT2D eigenvalue weighted by Gasteiger charge is -2.38. The van der Waals surface area contributed by atoms with Gasteiger partial charge in [-0.1, -0.05) is 26.0 Å². The molecule has 0 radical (unpaired) electrons. The zero-order valence-electron chi connectivity index (χ0n) is 20.6. The van der Waals surface area contributed by atoms with Gasteiger partial charge in [0.25, 0.3) is 0 Å². The summed E-state index contributed by atoms with van der Waals surface area (Å²) in [6.07, 6.45) is 2.74. The molecule has 2 unspecified atom stereocenters. The normalized spacial score (nSPS) is 23.0. The summed E-state index contributed by atoms with van der Waals surface area (Å²) in [4.78, 5) is 28.5. The lowest BCUT2D eigenvalue weighted by Crippen LogP contribution is -2.43. The number of benzene rings is 2. The number of ketones is 1. The molecule has 2 heterocycles. The van der Waals surface area contributed by atoms with Gasteiger partial charge in [0.2, 0.25) is 5.91 Å². The van der Waals surface area contributed by atoms with Crippen LogP contribution in [0.15, 0.2) is 53.7 Å². The molecular weight excluding hydrogens is 464 g/mol. The number of anilines is 2. The second-order valence-corrected chi connectivity index (χ2v) is 10.6. The Bertz CT molecular complexity index is 1200. The highest BCUT2D eigenvalue weighted by Gasteiger charge is 2.42. The minimum Gasteiger partial charge on any atom is -0.376 e. The first-order valence-electron chi connectivity index (χ1n) is 12.4. The maximum absolute atomic E-state index is 14.4. The average molecular weight is 496 g/mol. The van der Waals surface area contributed by atoms with Crippen molar-refractivity contribution < 1.29 is 23.1 Å². The molecule has 6 nitrogen and oxygen atoms in total. The Labute approximate surface area is 209 Å². The molecule has 2 N–H and O–H groups in total. The number of nitrogens with zero attached hydrogens (tertiary/aromatic N) is 1. The largest absolute Gasteiger partial charge is 0.376 e. The first-order valence-corrected chi connectivity index (χ1v) is 12.4. The van der Waals surface area contributed by atoms with Crippen LogP contribution in [0, 0.1) is 17.0 Å². The van der Waals surface area contributed by atoms with E-state index in [2.05, 4.69) is 10.6 Å². The Morgan fingerprint density at radius 2 is 1.92 bits per heavy atom. The molecule has 2 atom stereocenters. The number of carbonyl (C=O) groups is 2. The van der Waals surface area contributed by atoms with Crippen LogP contribution in [0.3, 0.4) is 0 Å². The number of halogens is 2. The van der Waals surface area contributed by atoms with Gasteiger partial charge in [0.1, 0.15) is 11.6 Å². The Morgan fingerprint density at radius 1 is 1.17 bits per heavy atom. The second-order valence-electron chi connectivity index (χ2n) is 10.6. The zero-order chi connectivity index (χ0) is 25.4. The van der Waals surface area contributed by atoms with Crippen molar-refractivity contribution in [2.75, 3.05) is 29.9 Å². The van der Waals surface area contributed by atoms with Gasteiger partial charge < -0.3 is 20.3 Å². The molecule has 190 valence electrons. The number of ether oxygens (including phenoxy) is 1. The molecule has 1 saturated heterocycles. The highest BCUT2D eigenvalue weighted by Crippen LogP contribution is 2.48. The summed E-state index contributed by atoms with van der Waals surface area (Å²) >= 11 is 0. The Morgan fingerprint density at radius 3 is 2.64 bits per heavy atom. The van der Waals surface area contributed by atoms with Crippen molar-refractivity contribution in [2.24, 2.45) is 5.41 Å². The van der Waals surface area contributed by atoms with Crippen LogP contribution in [0.25, 0.3) is 0 Å². The molecular formula is C28H31F2N3O3. The molecule has 1 fully saturated rings. The first kappa shape index (κ1) is 24.4. The Balaban J connectivity index is 1.60. The van der Waals surface area contributed by atoms with Gasteiger partial charge in [-0.05, 0) is 54.5 Å². The van der Waals surface area contributed by atoms with Crippen molar-refractivity contribution in [1.29, 1.82) is 0 Å². The standard InChI is InChI=1S/C28H31F2N3O3/c1-28(2)13-22-26(24(34)14-28)27(17-10-18(29)12-19(30)11-17)33(23-8-4-3-7-21(23)32-22)16-25(35)31-15-20-6-5-9-36-20/h3-4,7-8,10-12,20,27,32H,5-6,9,13-16H2,1-2H3,(H,31,35). The van der Waals surface area contributed by atoms with Gasteiger partial charge >= 0.3 is 0 Å². The van der Waals surface area contributed by atoms with Gasteiger partial charge in [0.15, 0.2) is 5.78 Å². The number of fused-ring (bicyclic) bond motifs is 1. The van der Waals surface area contributed by atoms with Crippen molar-refractivity contribution in [1.82, 2.24) is 5.32 Å². The first-order chi connectivity index (χ1) is 17.2. The molecule has 5 rings (SSSR count). The third-order valence-electron chi connectivity index (χ3n) is 7.07. The van der Waals surface area contributed by atoms with Crippen LogP contribution >= 0.6 is 0 Å². The van der Waals surface area contributed by atoms with E-state index >= 15 is 0 Å². The van der Waals surface area contributed by atoms with Crippen LogP contribution in [0.1, 0.15) is 51.1 Å². The predicted molar refractivity (Wildman–Crippen MR) is 134 cm³/mol. The van der Waals surface area contributed by atoms with Crippen molar-refractivity contribution in [3.8, 4) is 0 Å². The average Bonchev–Trinajstić information content (AvgIpc) is 3.27. The minimum absolute atomic E-state index is 0.0170. The van der Waals surface area contributed by atoms with Crippen LogP contribution in [0.5, 0.6) is 0 Å². The summed E-state index contributed by atoms with van der Waals surface area (Å²) in [5.74, 6) is -1.82. The number of hydrogen-bond donors (Lipinski definition) is 2. The number of amides is 1. The topological polar surface area (TPSA) is 70.7 Å². The van der Waals surface area contributed by atoms with E-state index in [4.69, 9.17) is 4.74 Å². The van der Waals surface area contributed by atoms with Crippen LogP contribution in [-0.4, -0.2) is 37.5 Å². The number of allylic oxidation sites excluding steroid dienone is 1. The summed E-state index contributed by atoms with van der Waals surface area (Å²) in [6, 6.07) is 9.93. The maximum atomic E-state index is 14.4. The van der Waals surface area contributed by atoms with Crippen molar-refractivity contribution in [3.05, 3.63) is 70.9 Å². The number of para-hydroxylation sites is 2. The number of hydrogen-bond acceptors (Lipinski definition) is 5. The third kappa shape index (κ3) is 5.00. The van der Waals surface area contributed by atoms with Crippen LogP contribution in [0.2, 0.25) is 0 Å². The summed E-state index contributed by atoms with van der Waals surface area (Å²) in [7, 11) is 0. The number of carbonyl (C=O) groups excluding carboxylic acids is 2. The molecule has 0 bridgehead atoms. The number of rotatable bonds is 5. The van der Waals surface area contributed by atoms with E-state index in [1.165, 1.54) is 12.1 Å². The van der Waals surface area contributed by atoms with Gasteiger partial charge in [-0.2, -0.15) is 0 Å². The lowest BCUT2D eigenvalue weighted by atomic mass is 9.73. The van der Waals surface area contributed by atoms with Crippen LogP contribution in [0.4, 0.5) is 20.2 Å². The summed E-state index contributed by atoms with van der Waals surface area (Å²) in [6.45, 7) is 5.05. The van der Waals surface area contributed by atoms with E-state index in [0.29, 0.717) is 42.8 Å². The lowest BCUT2D eigenvalue weighted by molar-refractivity contribution is -0.121. The number of nitrogens with one attached hydrogen (secondary N) is 2. The van der Waals surface area contributed by atoms with Crippen molar-refractivity contribution >= 4 is 23.1 Å². The molecule has 36 heavy (non-hydrogen) atoms. The fourth-order valence-corrected chi connectivity index (χ4v) is 5.55. The van der Waals surface area contributed by atoms with Gasteiger partial charge in [-0.25, -0.2) is 8.78 Å². The van der Waals surface area contributed by atoms with Crippen LogP contribution < -0.4 is 15.5 Å². The summed E-state index contributed by atoms with van der Waals surface area (Å²) in [5.41, 5.74) is 2.60. The fraction of sp³-hybridized carbons (Fsp3) is 0.429. The van der Waals surface area contributed by atoms with Gasteiger partial charge in [-0.3, -0.25) is 9.59 Å². The Hall–Kier alpha value is -3.26. The van der Waals surface area contributed by atoms with Crippen molar-refractivity contribution in [2.45, 2.75) is 51.7 Å². The van der Waals surface area contributed by atoms with Gasteiger partial charge in [0, 0.05) is 36.9 Å². The summed E-state index contributed by atoms with van der Waals surface area (Å²) < 4.78 is 34.5.